The van der Waals surface area contributed by atoms with Crippen molar-refractivity contribution >= 4 is 0 Å². The smallest absolute Gasteiger partial charge is 0.426 e. The molecule has 0 spiro atoms. The molecule has 0 saturated carbocycles. The number of aromatic nitrogens is 8. The maximum absolute atomic E-state index is 4.93. The predicted octanol–water partition coefficient (Wildman–Crippen LogP) is 2.11. The molecule has 0 atom stereocenters. The standard InChI is InChI=1S/C22H25N9.Co/c1-15-24-20(29-27-15)14-31(12-17-8-5-6-11-23-17)13-18-9-7-10-19(26-18)22(3,4)21-25-16(2)28-30-21;/h5-11H,12-14H2,1-4H3;/q-2;+3. The van der Waals surface area contributed by atoms with Crippen molar-refractivity contribution in [2.45, 2.75) is 52.7 Å². The van der Waals surface area contributed by atoms with Crippen molar-refractivity contribution in [2.75, 3.05) is 0 Å². The second kappa shape index (κ2) is 10.1. The number of hydrogen-bond donors (Lipinski definition) is 0. The Bertz CT molecular complexity index is 1140. The summed E-state index contributed by atoms with van der Waals surface area (Å²) in [5.74, 6) is 2.70. The molecule has 0 amide bonds. The molecule has 166 valence electrons. The third-order valence-electron chi connectivity index (χ3n) is 5.03. The SMILES string of the molecule is Cc1n[n-]c(CN(Cc2ccccn2)Cc2cccc(C(C)(C)c3nc(C)n[n-]3)n2)n1.[Co+3]. The van der Waals surface area contributed by atoms with Gasteiger partial charge in [0.05, 0.1) is 17.1 Å². The zero-order chi connectivity index (χ0) is 21.8. The average molecular weight is 474 g/mol. The maximum Gasteiger partial charge on any atom is 3.00 e. The van der Waals surface area contributed by atoms with E-state index in [9.17, 15) is 0 Å². The van der Waals surface area contributed by atoms with Crippen LogP contribution in [0.25, 0.3) is 0 Å². The molecule has 0 aliphatic carbocycles. The molecule has 9 nitrogen and oxygen atoms in total. The van der Waals surface area contributed by atoms with E-state index in [1.165, 1.54) is 0 Å². The van der Waals surface area contributed by atoms with Crippen molar-refractivity contribution in [3.8, 4) is 0 Å². The summed E-state index contributed by atoms with van der Waals surface area (Å²) in [4.78, 5) is 20.5. The van der Waals surface area contributed by atoms with Crippen LogP contribution in [0.3, 0.4) is 0 Å². The molecule has 0 bridgehead atoms. The van der Waals surface area contributed by atoms with Crippen molar-refractivity contribution in [1.82, 2.24) is 45.2 Å². The van der Waals surface area contributed by atoms with Gasteiger partial charge >= 0.3 is 16.8 Å². The Hall–Kier alpha value is -2.95. The largest absolute Gasteiger partial charge is 3.00 e. The minimum Gasteiger partial charge on any atom is -0.426 e. The van der Waals surface area contributed by atoms with Gasteiger partial charge in [-0.25, -0.2) is 0 Å². The van der Waals surface area contributed by atoms with Gasteiger partial charge < -0.3 is 20.2 Å². The fraction of sp³-hybridized carbons (Fsp3) is 0.364. The van der Waals surface area contributed by atoms with Crippen LogP contribution in [-0.2, 0) is 41.8 Å². The van der Waals surface area contributed by atoms with Crippen LogP contribution in [0.2, 0.25) is 0 Å². The summed E-state index contributed by atoms with van der Waals surface area (Å²) in [5, 5.41) is 16.5. The van der Waals surface area contributed by atoms with E-state index in [2.05, 4.69) is 54.1 Å². The van der Waals surface area contributed by atoms with Gasteiger partial charge in [0, 0.05) is 42.9 Å². The van der Waals surface area contributed by atoms with E-state index in [1.54, 1.807) is 6.20 Å². The van der Waals surface area contributed by atoms with Crippen molar-refractivity contribution in [1.29, 1.82) is 0 Å². The van der Waals surface area contributed by atoms with Crippen LogP contribution in [0.4, 0.5) is 0 Å². The Morgan fingerprint density at radius 1 is 0.812 bits per heavy atom. The van der Waals surface area contributed by atoms with E-state index in [-0.39, 0.29) is 16.8 Å². The van der Waals surface area contributed by atoms with Crippen LogP contribution in [0.1, 0.15) is 54.2 Å². The Balaban J connectivity index is 0.00000289. The van der Waals surface area contributed by atoms with E-state index >= 15 is 0 Å². The molecular formula is C22H25CoN9+. The first-order chi connectivity index (χ1) is 14.9. The van der Waals surface area contributed by atoms with Crippen molar-refractivity contribution < 1.29 is 16.8 Å². The Labute approximate surface area is 197 Å². The molecule has 0 N–H and O–H groups in total. The summed E-state index contributed by atoms with van der Waals surface area (Å²) < 4.78 is 0. The van der Waals surface area contributed by atoms with Gasteiger partial charge in [-0.05, 0) is 43.9 Å². The molecule has 10 heteroatoms. The molecule has 4 heterocycles. The van der Waals surface area contributed by atoms with Gasteiger partial charge in [0.25, 0.3) is 0 Å². The normalized spacial score (nSPS) is 11.5. The molecule has 32 heavy (non-hydrogen) atoms. The van der Waals surface area contributed by atoms with Crippen molar-refractivity contribution in [3.05, 3.63) is 83.0 Å². The van der Waals surface area contributed by atoms with Crippen LogP contribution >= 0.6 is 0 Å². The summed E-state index contributed by atoms with van der Waals surface area (Å²) in [6, 6.07) is 12.0. The molecule has 0 aromatic carbocycles. The van der Waals surface area contributed by atoms with E-state index in [4.69, 9.17) is 4.98 Å². The van der Waals surface area contributed by atoms with Gasteiger partial charge in [-0.2, -0.15) is 0 Å². The monoisotopic (exact) mass is 474 g/mol. The van der Waals surface area contributed by atoms with Gasteiger partial charge in [0.15, 0.2) is 0 Å². The van der Waals surface area contributed by atoms with Crippen LogP contribution in [0.5, 0.6) is 0 Å². The second-order valence-electron chi connectivity index (χ2n) is 8.06. The predicted molar refractivity (Wildman–Crippen MR) is 114 cm³/mol. The fourth-order valence-electron chi connectivity index (χ4n) is 3.36. The molecule has 0 aliphatic rings. The Morgan fingerprint density at radius 3 is 2.19 bits per heavy atom. The Kier molecular flexibility index (Phi) is 7.49. The van der Waals surface area contributed by atoms with Gasteiger partial charge in [-0.15, -0.1) is 0 Å². The maximum atomic E-state index is 4.93. The topological polar surface area (TPSA) is 109 Å². The number of nitrogens with zero attached hydrogens (tertiary/aromatic N) is 9. The molecule has 4 rings (SSSR count). The molecule has 0 unspecified atom stereocenters. The Morgan fingerprint density at radius 2 is 1.53 bits per heavy atom. The molecule has 0 fully saturated rings. The zero-order valence-corrected chi connectivity index (χ0v) is 19.6. The molecule has 0 radical (unpaired) electrons. The number of hydrogen-bond acceptors (Lipinski definition) is 7. The average Bonchev–Trinajstić information content (AvgIpc) is 3.37. The zero-order valence-electron chi connectivity index (χ0n) is 18.5. The molecular weight excluding hydrogens is 449 g/mol. The number of aryl methyl sites for hydroxylation is 2. The van der Waals surface area contributed by atoms with Crippen LogP contribution < -0.4 is 10.2 Å². The third-order valence-corrected chi connectivity index (χ3v) is 5.03. The van der Waals surface area contributed by atoms with Crippen LogP contribution in [-0.4, -0.2) is 35.0 Å². The van der Waals surface area contributed by atoms with Gasteiger partial charge in [0.1, 0.15) is 0 Å². The summed E-state index contributed by atoms with van der Waals surface area (Å²) in [5.41, 5.74) is 2.37. The van der Waals surface area contributed by atoms with Gasteiger partial charge in [-0.3, -0.25) is 25.1 Å². The third kappa shape index (κ3) is 5.64. The summed E-state index contributed by atoms with van der Waals surface area (Å²) in [6.45, 7) is 9.64. The number of pyridine rings is 2. The second-order valence-corrected chi connectivity index (χ2v) is 8.06. The minimum absolute atomic E-state index is 0. The van der Waals surface area contributed by atoms with Crippen LogP contribution in [0, 0.1) is 13.8 Å². The van der Waals surface area contributed by atoms with E-state index in [1.807, 2.05) is 50.2 Å². The van der Waals surface area contributed by atoms with Crippen molar-refractivity contribution in [2.24, 2.45) is 0 Å². The van der Waals surface area contributed by atoms with Gasteiger partial charge in [-0.1, -0.05) is 31.8 Å². The molecule has 4 aromatic heterocycles. The summed E-state index contributed by atoms with van der Waals surface area (Å²) in [7, 11) is 0. The summed E-state index contributed by atoms with van der Waals surface area (Å²) in [6.07, 6.45) is 1.80. The molecule has 4 aromatic rings. The van der Waals surface area contributed by atoms with Gasteiger partial charge in [0.2, 0.25) is 0 Å². The van der Waals surface area contributed by atoms with E-state index < -0.39 is 5.41 Å². The van der Waals surface area contributed by atoms with E-state index in [0.29, 0.717) is 42.9 Å². The quantitative estimate of drug-likeness (QED) is 0.379. The van der Waals surface area contributed by atoms with Crippen molar-refractivity contribution in [3.63, 3.8) is 0 Å². The summed E-state index contributed by atoms with van der Waals surface area (Å²) >= 11 is 0. The number of rotatable bonds is 8. The van der Waals surface area contributed by atoms with E-state index in [0.717, 1.165) is 17.1 Å². The first-order valence-corrected chi connectivity index (χ1v) is 10.2. The fourth-order valence-corrected chi connectivity index (χ4v) is 3.36. The van der Waals surface area contributed by atoms with Crippen LogP contribution in [0.15, 0.2) is 42.6 Å². The minimum atomic E-state index is -0.446. The first kappa shape index (κ1) is 23.7. The first-order valence-electron chi connectivity index (χ1n) is 10.2. The molecule has 0 saturated heterocycles. The molecule has 0 aliphatic heterocycles.